The van der Waals surface area contributed by atoms with Crippen LogP contribution in [-0.4, -0.2) is 15.3 Å². The fourth-order valence-electron chi connectivity index (χ4n) is 2.42. The lowest BCUT2D eigenvalue weighted by Gasteiger charge is -2.07. The molecule has 0 aliphatic carbocycles. The highest BCUT2D eigenvalue weighted by molar-refractivity contribution is 6.30. The van der Waals surface area contributed by atoms with Crippen LogP contribution in [0.1, 0.15) is 29.5 Å². The molecule has 112 valence electrons. The summed E-state index contributed by atoms with van der Waals surface area (Å²) in [5, 5.41) is 3.54. The first-order chi connectivity index (χ1) is 10.7. The Morgan fingerprint density at radius 2 is 2.00 bits per heavy atom. The van der Waals surface area contributed by atoms with Crippen LogP contribution >= 0.6 is 11.6 Å². The van der Waals surface area contributed by atoms with Crippen molar-refractivity contribution in [2.45, 2.75) is 19.8 Å². The maximum absolute atomic E-state index is 12.7. The van der Waals surface area contributed by atoms with Gasteiger partial charge in [0.2, 0.25) is 0 Å². The number of carbonyl (C=O) groups excluding carboxylic acids is 1. The number of aromatic nitrogens is 2. The van der Waals surface area contributed by atoms with Gasteiger partial charge in [0.1, 0.15) is 11.3 Å². The van der Waals surface area contributed by atoms with Gasteiger partial charge in [-0.25, -0.2) is 4.98 Å². The number of halogens is 1. The molecule has 1 aromatic carbocycles. The van der Waals surface area contributed by atoms with Crippen LogP contribution < -0.4 is 5.32 Å². The van der Waals surface area contributed by atoms with E-state index < -0.39 is 0 Å². The Morgan fingerprint density at radius 3 is 2.73 bits per heavy atom. The Labute approximate surface area is 133 Å². The summed E-state index contributed by atoms with van der Waals surface area (Å²) < 4.78 is 1.83. The first kappa shape index (κ1) is 14.6. The smallest absolute Gasteiger partial charge is 0.274 e. The quantitative estimate of drug-likeness (QED) is 0.785. The van der Waals surface area contributed by atoms with Crippen LogP contribution in [0.25, 0.3) is 5.65 Å². The van der Waals surface area contributed by atoms with Gasteiger partial charge in [-0.3, -0.25) is 9.20 Å². The number of imidazole rings is 1. The number of nitrogens with one attached hydrogen (secondary N) is 1. The molecule has 0 aliphatic heterocycles. The van der Waals surface area contributed by atoms with Gasteiger partial charge in [0.15, 0.2) is 0 Å². The first-order valence-electron chi connectivity index (χ1n) is 7.22. The standard InChI is InChI=1S/C17H16ClN3O/c1-2-5-14-16(21-11-4-3-6-15(21)20-14)17(22)19-13-9-7-12(18)8-10-13/h3-4,6-11H,2,5H2,1H3,(H,19,22). The molecular formula is C17H16ClN3O. The molecule has 22 heavy (non-hydrogen) atoms. The number of benzene rings is 1. The predicted molar refractivity (Wildman–Crippen MR) is 88.6 cm³/mol. The Bertz CT molecular complexity index is 808. The predicted octanol–water partition coefficient (Wildman–Crippen LogP) is 4.19. The number of rotatable bonds is 4. The molecule has 0 saturated heterocycles. The third-order valence-electron chi connectivity index (χ3n) is 3.41. The van der Waals surface area contributed by atoms with Crippen molar-refractivity contribution < 1.29 is 4.79 Å². The first-order valence-corrected chi connectivity index (χ1v) is 7.59. The normalized spacial score (nSPS) is 10.8. The van der Waals surface area contributed by atoms with Gasteiger partial charge in [-0.05, 0) is 42.8 Å². The number of hydrogen-bond acceptors (Lipinski definition) is 2. The molecule has 2 heterocycles. The second kappa shape index (κ2) is 6.20. The summed E-state index contributed by atoms with van der Waals surface area (Å²) in [5.74, 6) is -0.163. The van der Waals surface area contributed by atoms with E-state index in [4.69, 9.17) is 11.6 Å². The van der Waals surface area contributed by atoms with E-state index in [2.05, 4.69) is 17.2 Å². The molecule has 0 atom stereocenters. The molecular weight excluding hydrogens is 298 g/mol. The van der Waals surface area contributed by atoms with Crippen molar-refractivity contribution in [3.63, 3.8) is 0 Å². The average molecular weight is 314 g/mol. The zero-order valence-electron chi connectivity index (χ0n) is 12.2. The summed E-state index contributed by atoms with van der Waals surface area (Å²) in [6.07, 6.45) is 3.56. The van der Waals surface area contributed by atoms with Gasteiger partial charge in [-0.1, -0.05) is 31.0 Å². The van der Waals surface area contributed by atoms with Crippen molar-refractivity contribution >= 4 is 28.8 Å². The topological polar surface area (TPSA) is 46.4 Å². The minimum atomic E-state index is -0.163. The van der Waals surface area contributed by atoms with Gasteiger partial charge in [-0.2, -0.15) is 0 Å². The van der Waals surface area contributed by atoms with E-state index in [0.29, 0.717) is 16.4 Å². The Morgan fingerprint density at radius 1 is 1.23 bits per heavy atom. The molecule has 0 radical (unpaired) electrons. The molecule has 0 bridgehead atoms. The molecule has 4 nitrogen and oxygen atoms in total. The molecule has 0 spiro atoms. The van der Waals surface area contributed by atoms with Gasteiger partial charge in [-0.15, -0.1) is 0 Å². The summed E-state index contributed by atoms with van der Waals surface area (Å²) in [5.41, 5.74) is 2.91. The van der Waals surface area contributed by atoms with Crippen LogP contribution in [0.3, 0.4) is 0 Å². The highest BCUT2D eigenvalue weighted by Gasteiger charge is 2.18. The van der Waals surface area contributed by atoms with Crippen LogP contribution in [0, 0.1) is 0 Å². The lowest BCUT2D eigenvalue weighted by molar-refractivity contribution is 0.102. The second-order valence-corrected chi connectivity index (χ2v) is 5.48. The molecule has 0 unspecified atom stereocenters. The number of aryl methyl sites for hydroxylation is 1. The van der Waals surface area contributed by atoms with E-state index in [1.807, 2.05) is 28.8 Å². The zero-order chi connectivity index (χ0) is 15.5. The summed E-state index contributed by atoms with van der Waals surface area (Å²) in [6, 6.07) is 12.8. The zero-order valence-corrected chi connectivity index (χ0v) is 13.0. The molecule has 3 aromatic rings. The molecule has 3 rings (SSSR count). The van der Waals surface area contributed by atoms with Crippen molar-refractivity contribution in [3.05, 3.63) is 65.1 Å². The van der Waals surface area contributed by atoms with Gasteiger partial charge in [0.25, 0.3) is 5.91 Å². The molecule has 1 N–H and O–H groups in total. The van der Waals surface area contributed by atoms with Crippen LogP contribution in [-0.2, 0) is 6.42 Å². The minimum Gasteiger partial charge on any atom is -0.321 e. The SMILES string of the molecule is CCCc1nc2ccccn2c1C(=O)Nc1ccc(Cl)cc1. The van der Waals surface area contributed by atoms with Crippen LogP contribution in [0.15, 0.2) is 48.7 Å². The maximum Gasteiger partial charge on any atom is 0.274 e. The summed E-state index contributed by atoms with van der Waals surface area (Å²) in [4.78, 5) is 17.2. The van der Waals surface area contributed by atoms with Gasteiger partial charge in [0, 0.05) is 16.9 Å². The van der Waals surface area contributed by atoms with Crippen LogP contribution in [0.5, 0.6) is 0 Å². The fourth-order valence-corrected chi connectivity index (χ4v) is 2.55. The van der Waals surface area contributed by atoms with Gasteiger partial charge < -0.3 is 5.32 Å². The maximum atomic E-state index is 12.7. The number of amides is 1. The fraction of sp³-hybridized carbons (Fsp3) is 0.176. The van der Waals surface area contributed by atoms with E-state index in [1.165, 1.54) is 0 Å². The average Bonchev–Trinajstić information content (AvgIpc) is 2.88. The van der Waals surface area contributed by atoms with Crippen molar-refractivity contribution in [2.75, 3.05) is 5.32 Å². The van der Waals surface area contributed by atoms with Crippen molar-refractivity contribution in [2.24, 2.45) is 0 Å². The molecule has 0 saturated carbocycles. The van der Waals surface area contributed by atoms with Crippen molar-refractivity contribution in [1.82, 2.24) is 9.38 Å². The highest BCUT2D eigenvalue weighted by Crippen LogP contribution is 2.18. The Hall–Kier alpha value is -2.33. The molecule has 0 fully saturated rings. The lowest BCUT2D eigenvalue weighted by Crippen LogP contribution is -2.16. The van der Waals surface area contributed by atoms with E-state index in [-0.39, 0.29) is 5.91 Å². The number of anilines is 1. The summed E-state index contributed by atoms with van der Waals surface area (Å²) >= 11 is 5.87. The number of carbonyl (C=O) groups is 1. The van der Waals surface area contributed by atoms with Crippen molar-refractivity contribution in [3.8, 4) is 0 Å². The third kappa shape index (κ3) is 2.83. The largest absolute Gasteiger partial charge is 0.321 e. The van der Waals surface area contributed by atoms with Gasteiger partial charge in [0.05, 0.1) is 5.69 Å². The molecule has 1 amide bonds. The van der Waals surface area contributed by atoms with E-state index >= 15 is 0 Å². The van der Waals surface area contributed by atoms with Gasteiger partial charge >= 0.3 is 0 Å². The lowest BCUT2D eigenvalue weighted by atomic mass is 10.2. The summed E-state index contributed by atoms with van der Waals surface area (Å²) in [7, 11) is 0. The number of hydrogen-bond donors (Lipinski definition) is 1. The minimum absolute atomic E-state index is 0.163. The van der Waals surface area contributed by atoms with E-state index in [9.17, 15) is 4.79 Å². The Kier molecular flexibility index (Phi) is 4.11. The number of fused-ring (bicyclic) bond motifs is 1. The molecule has 5 heteroatoms. The Balaban J connectivity index is 1.98. The number of pyridine rings is 1. The molecule has 0 aliphatic rings. The highest BCUT2D eigenvalue weighted by atomic mass is 35.5. The van der Waals surface area contributed by atoms with E-state index in [0.717, 1.165) is 24.2 Å². The third-order valence-corrected chi connectivity index (χ3v) is 3.66. The molecule has 2 aromatic heterocycles. The van der Waals surface area contributed by atoms with Crippen molar-refractivity contribution in [1.29, 1.82) is 0 Å². The summed E-state index contributed by atoms with van der Waals surface area (Å²) in [6.45, 7) is 2.07. The van der Waals surface area contributed by atoms with E-state index in [1.54, 1.807) is 24.3 Å². The second-order valence-electron chi connectivity index (χ2n) is 5.05. The monoisotopic (exact) mass is 313 g/mol. The van der Waals surface area contributed by atoms with Crippen LogP contribution in [0.4, 0.5) is 5.69 Å². The number of nitrogens with zero attached hydrogens (tertiary/aromatic N) is 2. The van der Waals surface area contributed by atoms with Crippen LogP contribution in [0.2, 0.25) is 5.02 Å².